The van der Waals surface area contributed by atoms with E-state index in [1.165, 1.54) is 12.0 Å². The molecule has 3 nitrogen and oxygen atoms in total. The Morgan fingerprint density at radius 1 is 1.56 bits per heavy atom. The van der Waals surface area contributed by atoms with E-state index in [0.717, 1.165) is 9.13 Å². The maximum absolute atomic E-state index is 11.4. The third kappa shape index (κ3) is 3.42. The highest BCUT2D eigenvalue weighted by Crippen LogP contribution is 2.14. The molecule has 0 aliphatic rings. The smallest absolute Gasteiger partial charge is 0.410 e. The van der Waals surface area contributed by atoms with Crippen LogP contribution in [0.3, 0.4) is 0 Å². The van der Waals surface area contributed by atoms with Crippen LogP contribution in [0.25, 0.3) is 0 Å². The minimum absolute atomic E-state index is 0.248. The second-order valence-corrected chi connectivity index (χ2v) is 4.28. The highest BCUT2D eigenvalue weighted by atomic mass is 127. The van der Waals surface area contributed by atoms with Crippen molar-refractivity contribution in [2.75, 3.05) is 13.7 Å². The molecule has 84 valence electrons. The van der Waals surface area contributed by atoms with Gasteiger partial charge in [0.05, 0.1) is 20.2 Å². The monoisotopic (exact) mass is 329 g/mol. The first kappa shape index (κ1) is 12.8. The number of benzene rings is 1. The first-order chi connectivity index (χ1) is 7.69. The third-order valence-corrected chi connectivity index (χ3v) is 3.09. The number of amides is 1. The normalized spacial score (nSPS) is 9.31. The van der Waals surface area contributed by atoms with Gasteiger partial charge in [-0.05, 0) is 34.2 Å². The van der Waals surface area contributed by atoms with E-state index in [-0.39, 0.29) is 6.54 Å². The van der Waals surface area contributed by atoms with Gasteiger partial charge in [0.15, 0.2) is 0 Å². The molecule has 0 fully saturated rings. The molecular weight excluding hydrogens is 317 g/mol. The molecule has 1 aromatic carbocycles. The number of methoxy groups -OCH3 is 1. The van der Waals surface area contributed by atoms with Gasteiger partial charge in [0.1, 0.15) is 0 Å². The Balaban J connectivity index is 2.80. The summed E-state index contributed by atoms with van der Waals surface area (Å²) in [5, 5.41) is 0. The second-order valence-electron chi connectivity index (χ2n) is 3.12. The summed E-state index contributed by atoms with van der Waals surface area (Å²) < 4.78 is 5.77. The van der Waals surface area contributed by atoms with Gasteiger partial charge in [-0.3, -0.25) is 4.90 Å². The van der Waals surface area contributed by atoms with E-state index in [1.54, 1.807) is 0 Å². The number of carbonyl (C=O) groups is 1. The average molecular weight is 329 g/mol. The van der Waals surface area contributed by atoms with Gasteiger partial charge in [-0.2, -0.15) is 0 Å². The number of hydrogen-bond donors (Lipinski definition) is 0. The molecule has 1 rings (SSSR count). The van der Waals surface area contributed by atoms with Crippen molar-refractivity contribution in [3.05, 3.63) is 33.4 Å². The van der Waals surface area contributed by atoms with Crippen molar-refractivity contribution in [3.63, 3.8) is 0 Å². The number of ether oxygens (including phenoxy) is 1. The summed E-state index contributed by atoms with van der Waals surface area (Å²) >= 11 is 2.23. The molecule has 0 aromatic heterocycles. The number of hydrogen-bond acceptors (Lipinski definition) is 2. The van der Waals surface area contributed by atoms with Crippen LogP contribution in [0.5, 0.6) is 0 Å². The molecular formula is C12H12INO2. The zero-order valence-electron chi connectivity index (χ0n) is 8.94. The maximum Gasteiger partial charge on any atom is 0.410 e. The second kappa shape index (κ2) is 6.38. The van der Waals surface area contributed by atoms with Gasteiger partial charge in [-0.25, -0.2) is 4.79 Å². The summed E-state index contributed by atoms with van der Waals surface area (Å²) in [7, 11) is 1.35. The number of terminal acetylenes is 1. The molecule has 1 aromatic rings. The van der Waals surface area contributed by atoms with Crippen LogP contribution in [0.4, 0.5) is 4.79 Å². The first-order valence-electron chi connectivity index (χ1n) is 4.68. The van der Waals surface area contributed by atoms with Gasteiger partial charge in [-0.15, -0.1) is 6.42 Å². The van der Waals surface area contributed by atoms with Crippen molar-refractivity contribution in [1.82, 2.24) is 4.90 Å². The van der Waals surface area contributed by atoms with Crippen molar-refractivity contribution in [2.45, 2.75) is 6.54 Å². The van der Waals surface area contributed by atoms with E-state index >= 15 is 0 Å². The van der Waals surface area contributed by atoms with Gasteiger partial charge in [-0.1, -0.05) is 24.1 Å². The Labute approximate surface area is 109 Å². The van der Waals surface area contributed by atoms with Crippen molar-refractivity contribution >= 4 is 28.7 Å². The van der Waals surface area contributed by atoms with E-state index in [2.05, 4.69) is 33.2 Å². The summed E-state index contributed by atoms with van der Waals surface area (Å²) in [5.74, 6) is 2.45. The summed E-state index contributed by atoms with van der Waals surface area (Å²) in [4.78, 5) is 12.9. The van der Waals surface area contributed by atoms with Crippen LogP contribution in [-0.4, -0.2) is 24.6 Å². The fraction of sp³-hybridized carbons (Fsp3) is 0.250. The predicted octanol–water partition coefficient (Wildman–Crippen LogP) is 2.49. The molecule has 4 heteroatoms. The van der Waals surface area contributed by atoms with Crippen LogP contribution in [-0.2, 0) is 11.3 Å². The Morgan fingerprint density at radius 3 is 2.81 bits per heavy atom. The van der Waals surface area contributed by atoms with E-state index in [0.29, 0.717) is 6.54 Å². The lowest BCUT2D eigenvalue weighted by molar-refractivity contribution is 0.126. The van der Waals surface area contributed by atoms with Crippen LogP contribution in [0, 0.1) is 15.9 Å². The Kier molecular flexibility index (Phi) is 5.12. The van der Waals surface area contributed by atoms with E-state index in [1.807, 2.05) is 24.3 Å². The average Bonchev–Trinajstić information content (AvgIpc) is 2.30. The molecule has 0 unspecified atom stereocenters. The van der Waals surface area contributed by atoms with Crippen LogP contribution in [0.15, 0.2) is 24.3 Å². The first-order valence-corrected chi connectivity index (χ1v) is 5.76. The molecule has 16 heavy (non-hydrogen) atoms. The lowest BCUT2D eigenvalue weighted by Gasteiger charge is -2.19. The number of carbonyl (C=O) groups excluding carboxylic acids is 1. The molecule has 0 N–H and O–H groups in total. The number of nitrogens with zero attached hydrogens (tertiary/aromatic N) is 1. The van der Waals surface area contributed by atoms with Crippen LogP contribution in [0.1, 0.15) is 5.56 Å². The van der Waals surface area contributed by atoms with Crippen molar-refractivity contribution < 1.29 is 9.53 Å². The van der Waals surface area contributed by atoms with Crippen LogP contribution < -0.4 is 0 Å². The van der Waals surface area contributed by atoms with Gasteiger partial charge in [0.2, 0.25) is 0 Å². The molecule has 0 aliphatic carbocycles. The minimum atomic E-state index is -0.405. The SMILES string of the molecule is C#CCN(Cc1ccccc1I)C(=O)OC. The zero-order valence-corrected chi connectivity index (χ0v) is 11.1. The lowest BCUT2D eigenvalue weighted by Crippen LogP contribution is -2.30. The van der Waals surface area contributed by atoms with Crippen LogP contribution >= 0.6 is 22.6 Å². The molecule has 0 bridgehead atoms. The molecule has 0 atom stereocenters. The van der Waals surface area contributed by atoms with Crippen molar-refractivity contribution in [1.29, 1.82) is 0 Å². The van der Waals surface area contributed by atoms with Gasteiger partial charge >= 0.3 is 6.09 Å². The Morgan fingerprint density at radius 2 is 2.25 bits per heavy atom. The van der Waals surface area contributed by atoms with Gasteiger partial charge in [0, 0.05) is 3.57 Å². The van der Waals surface area contributed by atoms with E-state index < -0.39 is 6.09 Å². The number of halogens is 1. The van der Waals surface area contributed by atoms with Crippen molar-refractivity contribution in [2.24, 2.45) is 0 Å². The predicted molar refractivity (Wildman–Crippen MR) is 70.8 cm³/mol. The summed E-state index contributed by atoms with van der Waals surface area (Å²) in [5.41, 5.74) is 1.06. The van der Waals surface area contributed by atoms with Crippen molar-refractivity contribution in [3.8, 4) is 12.3 Å². The standard InChI is InChI=1S/C12H12INO2/c1-3-8-14(12(15)16-2)9-10-6-4-5-7-11(10)13/h1,4-7H,8-9H2,2H3. The highest BCUT2D eigenvalue weighted by Gasteiger charge is 2.13. The topological polar surface area (TPSA) is 29.5 Å². The van der Waals surface area contributed by atoms with Gasteiger partial charge < -0.3 is 4.74 Å². The highest BCUT2D eigenvalue weighted by molar-refractivity contribution is 14.1. The van der Waals surface area contributed by atoms with E-state index in [9.17, 15) is 4.79 Å². The minimum Gasteiger partial charge on any atom is -0.453 e. The quantitative estimate of drug-likeness (QED) is 0.630. The largest absolute Gasteiger partial charge is 0.453 e. The lowest BCUT2D eigenvalue weighted by atomic mass is 10.2. The molecule has 0 saturated carbocycles. The molecule has 0 radical (unpaired) electrons. The van der Waals surface area contributed by atoms with E-state index in [4.69, 9.17) is 6.42 Å². The fourth-order valence-corrected chi connectivity index (χ4v) is 1.81. The molecule has 1 amide bonds. The molecule has 0 heterocycles. The van der Waals surface area contributed by atoms with Gasteiger partial charge in [0.25, 0.3) is 0 Å². The van der Waals surface area contributed by atoms with Crippen LogP contribution in [0.2, 0.25) is 0 Å². The molecule has 0 spiro atoms. The fourth-order valence-electron chi connectivity index (χ4n) is 1.26. The summed E-state index contributed by atoms with van der Waals surface area (Å²) in [6.45, 7) is 0.716. The Bertz CT molecular complexity index is 412. The maximum atomic E-state index is 11.4. The molecule has 0 saturated heterocycles. The number of rotatable bonds is 3. The molecule has 0 aliphatic heterocycles. The summed E-state index contributed by atoms with van der Waals surface area (Å²) in [6.07, 6.45) is 4.81. The zero-order chi connectivity index (χ0) is 12.0. The third-order valence-electron chi connectivity index (χ3n) is 2.03. The summed E-state index contributed by atoms with van der Waals surface area (Å²) in [6, 6.07) is 7.84. The Hall–Kier alpha value is -1.22.